The molecule has 1 aromatic carbocycles. The average Bonchev–Trinajstić information content (AvgIpc) is 3.18. The molecule has 0 radical (unpaired) electrons. The van der Waals surface area contributed by atoms with Crippen molar-refractivity contribution in [1.29, 1.82) is 0 Å². The first-order valence-corrected chi connectivity index (χ1v) is 7.80. The highest BCUT2D eigenvalue weighted by Gasteiger charge is 2.14. The van der Waals surface area contributed by atoms with Gasteiger partial charge in [-0.3, -0.25) is 0 Å². The summed E-state index contributed by atoms with van der Waals surface area (Å²) in [5, 5.41) is 15.6. The molecular formula is C16H17N7O. The molecule has 0 aliphatic carbocycles. The summed E-state index contributed by atoms with van der Waals surface area (Å²) in [7, 11) is 0. The summed E-state index contributed by atoms with van der Waals surface area (Å²) < 4.78 is 6.55. The van der Waals surface area contributed by atoms with Crippen LogP contribution < -0.4 is 5.32 Å². The van der Waals surface area contributed by atoms with Gasteiger partial charge in [-0.1, -0.05) is 26.0 Å². The number of hydrogen-bond donors (Lipinski definition) is 1. The van der Waals surface area contributed by atoms with E-state index in [4.69, 9.17) is 4.63 Å². The van der Waals surface area contributed by atoms with Gasteiger partial charge < -0.3 is 5.32 Å². The zero-order chi connectivity index (χ0) is 16.7. The number of fused-ring (bicyclic) bond motifs is 2. The van der Waals surface area contributed by atoms with Crippen LogP contribution in [0.2, 0.25) is 0 Å². The van der Waals surface area contributed by atoms with Crippen LogP contribution in [-0.4, -0.2) is 29.9 Å². The van der Waals surface area contributed by atoms with E-state index in [1.54, 1.807) is 4.52 Å². The first-order chi connectivity index (χ1) is 11.6. The normalized spacial score (nSPS) is 11.7. The van der Waals surface area contributed by atoms with E-state index in [0.717, 1.165) is 27.8 Å². The minimum Gasteiger partial charge on any atom is -0.350 e. The van der Waals surface area contributed by atoms with Gasteiger partial charge in [0.25, 0.3) is 0 Å². The van der Waals surface area contributed by atoms with Crippen LogP contribution in [-0.2, 0) is 6.54 Å². The molecular weight excluding hydrogens is 306 g/mol. The Bertz CT molecular complexity index is 1020. The van der Waals surface area contributed by atoms with Crippen LogP contribution in [0.25, 0.3) is 16.7 Å². The van der Waals surface area contributed by atoms with E-state index in [1.807, 2.05) is 31.3 Å². The van der Waals surface area contributed by atoms with Gasteiger partial charge in [0.2, 0.25) is 5.95 Å². The highest BCUT2D eigenvalue weighted by Crippen LogP contribution is 2.21. The fourth-order valence-corrected chi connectivity index (χ4v) is 2.70. The number of hydrogen-bond acceptors (Lipinski definition) is 7. The van der Waals surface area contributed by atoms with Gasteiger partial charge in [-0.25, -0.2) is 9.61 Å². The smallest absolute Gasteiger partial charge is 0.227 e. The van der Waals surface area contributed by atoms with Crippen molar-refractivity contribution in [3.63, 3.8) is 0 Å². The lowest BCUT2D eigenvalue weighted by molar-refractivity contribution is 0.315. The maximum absolute atomic E-state index is 4.81. The molecule has 0 saturated heterocycles. The topological polar surface area (TPSA) is 94.0 Å². The standard InChI is InChI=1S/C16H17N7O/c1-9(2)12-8-18-23-15(12)19-10(3)20-16(23)17-7-11-5-4-6-13-14(11)22-24-21-13/h4-6,8-9H,7H2,1-3H3,(H,17,19,20). The Morgan fingerprint density at radius 1 is 1.21 bits per heavy atom. The molecule has 0 unspecified atom stereocenters. The Balaban J connectivity index is 1.71. The molecule has 0 amide bonds. The second-order valence-corrected chi connectivity index (χ2v) is 5.99. The number of benzene rings is 1. The second kappa shape index (κ2) is 5.55. The van der Waals surface area contributed by atoms with E-state index in [0.29, 0.717) is 24.2 Å². The molecule has 122 valence electrons. The van der Waals surface area contributed by atoms with E-state index < -0.39 is 0 Å². The number of nitrogens with zero attached hydrogens (tertiary/aromatic N) is 6. The summed E-state index contributed by atoms with van der Waals surface area (Å²) in [5.74, 6) is 1.70. The number of anilines is 1. The Morgan fingerprint density at radius 3 is 2.92 bits per heavy atom. The first-order valence-electron chi connectivity index (χ1n) is 7.80. The van der Waals surface area contributed by atoms with Gasteiger partial charge in [0.05, 0.1) is 6.20 Å². The second-order valence-electron chi connectivity index (χ2n) is 5.99. The van der Waals surface area contributed by atoms with Crippen LogP contribution >= 0.6 is 0 Å². The Morgan fingerprint density at radius 2 is 2.08 bits per heavy atom. The van der Waals surface area contributed by atoms with Crippen LogP contribution in [0, 0.1) is 6.92 Å². The van der Waals surface area contributed by atoms with Crippen molar-refractivity contribution in [1.82, 2.24) is 29.9 Å². The van der Waals surface area contributed by atoms with Crippen molar-refractivity contribution < 1.29 is 4.63 Å². The van der Waals surface area contributed by atoms with Crippen LogP contribution in [0.15, 0.2) is 29.0 Å². The van der Waals surface area contributed by atoms with E-state index in [9.17, 15) is 0 Å². The van der Waals surface area contributed by atoms with Gasteiger partial charge in [0.1, 0.15) is 16.9 Å². The Kier molecular flexibility index (Phi) is 3.37. The molecule has 1 N–H and O–H groups in total. The first kappa shape index (κ1) is 14.6. The van der Waals surface area contributed by atoms with Crippen LogP contribution in [0.3, 0.4) is 0 Å². The van der Waals surface area contributed by atoms with Gasteiger partial charge in [0, 0.05) is 17.7 Å². The Labute approximate surface area is 137 Å². The Hall–Kier alpha value is -3.03. The molecule has 4 aromatic rings. The minimum atomic E-state index is 0.347. The molecule has 3 heterocycles. The fraction of sp³-hybridized carbons (Fsp3) is 0.312. The van der Waals surface area contributed by atoms with Gasteiger partial charge in [-0.2, -0.15) is 14.6 Å². The van der Waals surface area contributed by atoms with Crippen LogP contribution in [0.5, 0.6) is 0 Å². The van der Waals surface area contributed by atoms with Gasteiger partial charge >= 0.3 is 0 Å². The van der Waals surface area contributed by atoms with E-state index in [2.05, 4.69) is 44.5 Å². The summed E-state index contributed by atoms with van der Waals surface area (Å²) in [4.78, 5) is 9.00. The van der Waals surface area contributed by atoms with Crippen LogP contribution in [0.1, 0.15) is 36.7 Å². The highest BCUT2D eigenvalue weighted by molar-refractivity contribution is 5.77. The molecule has 0 fully saturated rings. The molecule has 0 bridgehead atoms. The number of aryl methyl sites for hydroxylation is 1. The molecule has 24 heavy (non-hydrogen) atoms. The van der Waals surface area contributed by atoms with Crippen molar-refractivity contribution in [2.24, 2.45) is 0 Å². The lowest BCUT2D eigenvalue weighted by Gasteiger charge is -2.09. The number of aromatic nitrogens is 6. The highest BCUT2D eigenvalue weighted by atomic mass is 16.6. The predicted octanol–water partition coefficient (Wildman–Crippen LogP) is 2.70. The maximum atomic E-state index is 4.81. The summed E-state index contributed by atoms with van der Waals surface area (Å²) in [6.07, 6.45) is 1.85. The van der Waals surface area contributed by atoms with Crippen molar-refractivity contribution in [3.05, 3.63) is 41.3 Å². The molecule has 8 heteroatoms. The minimum absolute atomic E-state index is 0.347. The summed E-state index contributed by atoms with van der Waals surface area (Å²) in [5.41, 5.74) is 4.40. The predicted molar refractivity (Wildman–Crippen MR) is 88.7 cm³/mol. The van der Waals surface area contributed by atoms with E-state index in [-0.39, 0.29) is 0 Å². The molecule has 4 rings (SSSR count). The lowest BCUT2D eigenvalue weighted by atomic mass is 10.1. The van der Waals surface area contributed by atoms with Gasteiger partial charge in [-0.15, -0.1) is 0 Å². The zero-order valence-corrected chi connectivity index (χ0v) is 13.7. The molecule has 0 atom stereocenters. The van der Waals surface area contributed by atoms with Crippen molar-refractivity contribution in [2.45, 2.75) is 33.2 Å². The van der Waals surface area contributed by atoms with E-state index >= 15 is 0 Å². The quantitative estimate of drug-likeness (QED) is 0.617. The van der Waals surface area contributed by atoms with Crippen molar-refractivity contribution >= 4 is 22.6 Å². The fourth-order valence-electron chi connectivity index (χ4n) is 2.70. The van der Waals surface area contributed by atoms with E-state index in [1.165, 1.54) is 0 Å². The largest absolute Gasteiger partial charge is 0.350 e. The SMILES string of the molecule is Cc1nc(NCc2cccc3nonc23)n2ncc(C(C)C)c2n1. The maximum Gasteiger partial charge on any atom is 0.227 e. The summed E-state index contributed by atoms with van der Waals surface area (Å²) in [6, 6.07) is 5.77. The molecule has 0 aliphatic heterocycles. The molecule has 3 aromatic heterocycles. The van der Waals surface area contributed by atoms with Crippen molar-refractivity contribution in [3.8, 4) is 0 Å². The molecule has 8 nitrogen and oxygen atoms in total. The third kappa shape index (κ3) is 2.36. The van der Waals surface area contributed by atoms with Gasteiger partial charge in [-0.05, 0) is 29.2 Å². The van der Waals surface area contributed by atoms with Crippen LogP contribution in [0.4, 0.5) is 5.95 Å². The monoisotopic (exact) mass is 323 g/mol. The lowest BCUT2D eigenvalue weighted by Crippen LogP contribution is -2.10. The number of nitrogens with one attached hydrogen (secondary N) is 1. The molecule has 0 saturated carbocycles. The van der Waals surface area contributed by atoms with Gasteiger partial charge in [0.15, 0.2) is 5.65 Å². The molecule has 0 aliphatic rings. The average molecular weight is 323 g/mol. The molecule has 0 spiro atoms. The summed E-state index contributed by atoms with van der Waals surface area (Å²) in [6.45, 7) is 6.66. The summed E-state index contributed by atoms with van der Waals surface area (Å²) >= 11 is 0. The third-order valence-corrected chi connectivity index (χ3v) is 3.94. The third-order valence-electron chi connectivity index (χ3n) is 3.94. The van der Waals surface area contributed by atoms with Crippen molar-refractivity contribution in [2.75, 3.05) is 5.32 Å². The number of rotatable bonds is 4. The zero-order valence-electron chi connectivity index (χ0n) is 13.7.